The number of hydrogen-bond donors (Lipinski definition) is 3. The number of hydrogen-bond acceptors (Lipinski definition) is 6. The van der Waals surface area contributed by atoms with Gasteiger partial charge in [0.2, 0.25) is 0 Å². The summed E-state index contributed by atoms with van der Waals surface area (Å²) in [6, 6.07) is 0. The molecule has 14 heavy (non-hydrogen) atoms. The van der Waals surface area contributed by atoms with Gasteiger partial charge in [-0.25, -0.2) is 4.84 Å². The first-order valence-electron chi connectivity index (χ1n) is 4.14. The molecule has 82 valence electrons. The Kier molecular flexibility index (Phi) is 3.78. The van der Waals surface area contributed by atoms with Crippen molar-refractivity contribution in [2.24, 2.45) is 5.92 Å². The lowest BCUT2D eigenvalue weighted by Crippen LogP contribution is -2.31. The van der Waals surface area contributed by atoms with Crippen LogP contribution in [0.2, 0.25) is 0 Å². The van der Waals surface area contributed by atoms with E-state index in [2.05, 4.69) is 4.84 Å². The van der Waals surface area contributed by atoms with Crippen LogP contribution in [-0.4, -0.2) is 46.2 Å². The smallest absolute Gasteiger partial charge is 0.306 e. The van der Waals surface area contributed by atoms with Gasteiger partial charge in [0.1, 0.15) is 6.10 Å². The summed E-state index contributed by atoms with van der Waals surface area (Å²) >= 11 is 0. The zero-order valence-corrected chi connectivity index (χ0v) is 7.66. The number of ether oxygens (including phenoxy) is 1. The van der Waals surface area contributed by atoms with Crippen molar-refractivity contribution >= 4 is 5.97 Å². The molecule has 0 aliphatic heterocycles. The minimum absolute atomic E-state index is 0.200. The predicted molar refractivity (Wildman–Crippen MR) is 41.4 cm³/mol. The lowest BCUT2D eigenvalue weighted by atomic mass is 10.1. The van der Waals surface area contributed by atoms with E-state index in [0.29, 0.717) is 6.42 Å². The SMILES string of the molecule is CO[C@H]1C[C@@H](C(=O)O)C[C@@H]1ON(O)O. The third-order valence-electron chi connectivity index (χ3n) is 2.33. The maximum absolute atomic E-state index is 10.6. The van der Waals surface area contributed by atoms with E-state index in [1.807, 2.05) is 0 Å². The molecule has 7 heteroatoms. The summed E-state index contributed by atoms with van der Waals surface area (Å²) in [5.74, 6) is -1.49. The lowest BCUT2D eigenvalue weighted by molar-refractivity contribution is -0.507. The van der Waals surface area contributed by atoms with Crippen LogP contribution in [-0.2, 0) is 14.4 Å². The molecule has 0 aromatic rings. The summed E-state index contributed by atoms with van der Waals surface area (Å²) in [6.45, 7) is 0. The van der Waals surface area contributed by atoms with Crippen molar-refractivity contribution in [2.45, 2.75) is 25.0 Å². The molecule has 0 saturated heterocycles. The summed E-state index contributed by atoms with van der Waals surface area (Å²) < 4.78 is 4.97. The van der Waals surface area contributed by atoms with Gasteiger partial charge in [-0.15, -0.1) is 0 Å². The van der Waals surface area contributed by atoms with Crippen LogP contribution in [0.1, 0.15) is 12.8 Å². The molecule has 1 saturated carbocycles. The fourth-order valence-corrected chi connectivity index (χ4v) is 1.64. The van der Waals surface area contributed by atoms with Gasteiger partial charge in [0.15, 0.2) is 0 Å². The molecule has 3 atom stereocenters. The average molecular weight is 207 g/mol. The Labute approximate surface area is 80.3 Å². The standard InChI is InChI=1S/C7H13NO6/c1-13-5-2-4(7(9)10)3-6(5)14-8(11)12/h4-6,11-12H,2-3H2,1H3,(H,9,10)/t4-,5+,6+/m1/s1. The van der Waals surface area contributed by atoms with Crippen LogP contribution in [0.15, 0.2) is 0 Å². The Bertz CT molecular complexity index is 208. The maximum Gasteiger partial charge on any atom is 0.306 e. The molecule has 0 heterocycles. The molecule has 0 amide bonds. The van der Waals surface area contributed by atoms with Crippen LogP contribution >= 0.6 is 0 Å². The van der Waals surface area contributed by atoms with E-state index in [1.165, 1.54) is 7.11 Å². The van der Waals surface area contributed by atoms with Crippen LogP contribution in [0, 0.1) is 5.92 Å². The van der Waals surface area contributed by atoms with Crippen molar-refractivity contribution in [3.63, 3.8) is 0 Å². The van der Waals surface area contributed by atoms with Crippen LogP contribution in [0.25, 0.3) is 0 Å². The van der Waals surface area contributed by atoms with Crippen LogP contribution in [0.3, 0.4) is 0 Å². The average Bonchev–Trinajstić information content (AvgIpc) is 2.46. The summed E-state index contributed by atoms with van der Waals surface area (Å²) in [5, 5.41) is 25.1. The number of nitrogens with zero attached hydrogens (tertiary/aromatic N) is 1. The summed E-state index contributed by atoms with van der Waals surface area (Å²) in [7, 11) is 1.42. The second-order valence-electron chi connectivity index (χ2n) is 3.18. The van der Waals surface area contributed by atoms with E-state index in [9.17, 15) is 4.79 Å². The molecule has 1 fully saturated rings. The molecule has 1 aliphatic carbocycles. The quantitative estimate of drug-likeness (QED) is 0.552. The third kappa shape index (κ3) is 2.63. The minimum Gasteiger partial charge on any atom is -0.481 e. The number of rotatable bonds is 4. The molecule has 1 rings (SSSR count). The minimum atomic E-state index is -0.930. The second-order valence-corrected chi connectivity index (χ2v) is 3.18. The van der Waals surface area contributed by atoms with Crippen molar-refractivity contribution in [3.8, 4) is 0 Å². The van der Waals surface area contributed by atoms with Gasteiger partial charge in [-0.3, -0.25) is 15.2 Å². The largest absolute Gasteiger partial charge is 0.481 e. The zero-order valence-electron chi connectivity index (χ0n) is 7.66. The Morgan fingerprint density at radius 2 is 1.93 bits per heavy atom. The predicted octanol–water partition coefficient (Wildman–Crippen LogP) is -0.123. The molecule has 0 radical (unpaired) electrons. The number of aliphatic carboxylic acids is 1. The fourth-order valence-electron chi connectivity index (χ4n) is 1.64. The zero-order chi connectivity index (χ0) is 10.7. The van der Waals surface area contributed by atoms with Crippen molar-refractivity contribution in [2.75, 3.05) is 7.11 Å². The Morgan fingerprint density at radius 1 is 1.36 bits per heavy atom. The highest BCUT2D eigenvalue weighted by atomic mass is 17.1. The van der Waals surface area contributed by atoms with Crippen LogP contribution < -0.4 is 0 Å². The maximum atomic E-state index is 10.6. The normalized spacial score (nSPS) is 32.4. The molecular formula is C7H13NO6. The van der Waals surface area contributed by atoms with E-state index in [0.717, 1.165) is 0 Å². The second kappa shape index (κ2) is 4.67. The first kappa shape index (κ1) is 11.3. The third-order valence-corrected chi connectivity index (χ3v) is 2.33. The number of carboxylic acid groups (broad SMARTS) is 1. The van der Waals surface area contributed by atoms with Gasteiger partial charge in [-0.1, -0.05) is 0 Å². The Balaban J connectivity index is 2.53. The van der Waals surface area contributed by atoms with Crippen molar-refractivity contribution in [1.29, 1.82) is 0 Å². The van der Waals surface area contributed by atoms with E-state index >= 15 is 0 Å². The van der Waals surface area contributed by atoms with Crippen LogP contribution in [0.4, 0.5) is 0 Å². The number of carboxylic acids is 1. The Morgan fingerprint density at radius 3 is 2.36 bits per heavy atom. The van der Waals surface area contributed by atoms with Gasteiger partial charge in [-0.05, 0) is 12.8 Å². The van der Waals surface area contributed by atoms with E-state index < -0.39 is 29.5 Å². The molecule has 3 N–H and O–H groups in total. The number of methoxy groups -OCH3 is 1. The topological polar surface area (TPSA) is 99.5 Å². The first-order valence-corrected chi connectivity index (χ1v) is 4.14. The summed E-state index contributed by atoms with van der Waals surface area (Å²) in [4.78, 5) is 15.2. The molecule has 1 aliphatic rings. The van der Waals surface area contributed by atoms with E-state index in [1.54, 1.807) is 0 Å². The molecule has 0 spiro atoms. The Hall–Kier alpha value is -0.730. The van der Waals surface area contributed by atoms with E-state index in [4.69, 9.17) is 20.3 Å². The van der Waals surface area contributed by atoms with Crippen molar-refractivity contribution in [3.05, 3.63) is 0 Å². The fraction of sp³-hybridized carbons (Fsp3) is 0.857. The van der Waals surface area contributed by atoms with Crippen molar-refractivity contribution < 1.29 is 29.9 Å². The van der Waals surface area contributed by atoms with Gasteiger partial charge in [-0.2, -0.15) is 0 Å². The molecule has 0 aromatic carbocycles. The highest BCUT2D eigenvalue weighted by Crippen LogP contribution is 2.30. The van der Waals surface area contributed by atoms with Crippen molar-refractivity contribution in [1.82, 2.24) is 5.39 Å². The molecule has 0 unspecified atom stereocenters. The molecular weight excluding hydrogens is 194 g/mol. The summed E-state index contributed by atoms with van der Waals surface area (Å²) in [6.07, 6.45) is -0.565. The molecule has 7 nitrogen and oxygen atoms in total. The van der Waals surface area contributed by atoms with Gasteiger partial charge >= 0.3 is 5.97 Å². The highest BCUT2D eigenvalue weighted by molar-refractivity contribution is 5.70. The van der Waals surface area contributed by atoms with Gasteiger partial charge < -0.3 is 9.84 Å². The van der Waals surface area contributed by atoms with Crippen LogP contribution in [0.5, 0.6) is 0 Å². The monoisotopic (exact) mass is 207 g/mol. The van der Waals surface area contributed by atoms with Gasteiger partial charge in [0.25, 0.3) is 0 Å². The molecule has 0 bridgehead atoms. The number of carbonyl (C=O) groups is 1. The van der Waals surface area contributed by atoms with Gasteiger partial charge in [0.05, 0.1) is 17.4 Å². The lowest BCUT2D eigenvalue weighted by Gasteiger charge is -2.18. The molecule has 0 aromatic heterocycles. The highest BCUT2D eigenvalue weighted by Gasteiger charge is 2.40. The first-order chi connectivity index (χ1) is 6.54. The van der Waals surface area contributed by atoms with E-state index in [-0.39, 0.29) is 6.42 Å². The van der Waals surface area contributed by atoms with Gasteiger partial charge in [0, 0.05) is 7.11 Å². The summed E-state index contributed by atoms with van der Waals surface area (Å²) in [5.41, 5.74) is 0.